The van der Waals surface area contributed by atoms with Gasteiger partial charge in [-0.2, -0.15) is 11.3 Å². The fourth-order valence-electron chi connectivity index (χ4n) is 1.11. The van der Waals surface area contributed by atoms with E-state index in [0.29, 0.717) is 19.8 Å². The number of halogens is 1. The summed E-state index contributed by atoms with van der Waals surface area (Å²) in [6, 6.07) is 0.0162. The molecule has 0 amide bonds. The fraction of sp³-hybridized carbons (Fsp3) is 0.556. The average Bonchev–Trinajstić information content (AvgIpc) is 2.65. The van der Waals surface area contributed by atoms with E-state index in [-0.39, 0.29) is 6.04 Å². The van der Waals surface area contributed by atoms with E-state index in [1.807, 2.05) is 10.8 Å². The van der Waals surface area contributed by atoms with E-state index in [1.54, 1.807) is 18.4 Å². The summed E-state index contributed by atoms with van der Waals surface area (Å²) in [6.45, 7) is 1.72. The maximum absolute atomic E-state index is 5.47. The van der Waals surface area contributed by atoms with Crippen molar-refractivity contribution in [2.75, 3.05) is 26.9 Å². The molecule has 1 rings (SSSR count). The summed E-state index contributed by atoms with van der Waals surface area (Å²) in [6.07, 6.45) is 0. The van der Waals surface area contributed by atoms with E-state index >= 15 is 0 Å². The summed E-state index contributed by atoms with van der Waals surface area (Å²) in [7, 11) is 1.65. The molecule has 0 aliphatic heterocycles. The number of nitrogens with two attached hydrogens (primary N) is 1. The first-order valence-corrected chi connectivity index (χ1v) is 6.27. The first kappa shape index (κ1) is 13.1. The third kappa shape index (κ3) is 4.18. The van der Waals surface area contributed by atoms with Crippen molar-refractivity contribution in [2.45, 2.75) is 6.04 Å². The maximum Gasteiger partial charge on any atom is 0.0712 e. The number of methoxy groups -OCH3 is 1. The molecule has 0 radical (unpaired) electrons. The van der Waals surface area contributed by atoms with E-state index in [2.05, 4.69) is 21.4 Å². The van der Waals surface area contributed by atoms with Gasteiger partial charge in [-0.05, 0) is 26.9 Å². The normalized spacial score (nSPS) is 13.0. The summed E-state index contributed by atoms with van der Waals surface area (Å²) in [5, 5.41) is 4.07. The Hall–Kier alpha value is 0.0200. The lowest BCUT2D eigenvalue weighted by atomic mass is 10.2. The van der Waals surface area contributed by atoms with Crippen LogP contribution in [0.25, 0.3) is 0 Å². The van der Waals surface area contributed by atoms with Crippen molar-refractivity contribution in [3.63, 3.8) is 0 Å². The van der Waals surface area contributed by atoms with Gasteiger partial charge in [0.1, 0.15) is 0 Å². The Morgan fingerprint density at radius 3 is 2.87 bits per heavy atom. The van der Waals surface area contributed by atoms with Crippen LogP contribution in [-0.2, 0) is 9.47 Å². The first-order valence-electron chi connectivity index (χ1n) is 4.54. The number of hydrogen-bond donors (Lipinski definition) is 2. The van der Waals surface area contributed by atoms with Gasteiger partial charge < -0.3 is 9.47 Å². The van der Waals surface area contributed by atoms with Gasteiger partial charge in [0.25, 0.3) is 0 Å². The molecule has 3 N–H and O–H groups in total. The number of nitrogens with one attached hydrogen (secondary N) is 1. The lowest BCUT2D eigenvalue weighted by Crippen LogP contribution is -2.31. The fourth-order valence-corrected chi connectivity index (χ4v) is 2.74. The molecule has 86 valence electrons. The molecule has 1 heterocycles. The van der Waals surface area contributed by atoms with Crippen LogP contribution in [0.3, 0.4) is 0 Å². The van der Waals surface area contributed by atoms with E-state index in [0.717, 1.165) is 10.0 Å². The minimum absolute atomic E-state index is 0.0162. The smallest absolute Gasteiger partial charge is 0.0712 e. The Morgan fingerprint density at radius 1 is 1.53 bits per heavy atom. The first-order chi connectivity index (χ1) is 7.29. The van der Waals surface area contributed by atoms with E-state index in [9.17, 15) is 0 Å². The SMILES string of the molecule is COCCOCC(NN)c1cscc1Br. The van der Waals surface area contributed by atoms with Crippen molar-refractivity contribution in [1.82, 2.24) is 5.43 Å². The van der Waals surface area contributed by atoms with Gasteiger partial charge >= 0.3 is 0 Å². The van der Waals surface area contributed by atoms with Crippen molar-refractivity contribution in [1.29, 1.82) is 0 Å². The van der Waals surface area contributed by atoms with Crippen LogP contribution in [0.4, 0.5) is 0 Å². The second kappa shape index (κ2) is 7.32. The third-order valence-electron chi connectivity index (χ3n) is 1.94. The third-order valence-corrected chi connectivity index (χ3v) is 3.69. The average molecular weight is 295 g/mol. The molecule has 0 saturated carbocycles. The van der Waals surface area contributed by atoms with E-state index in [1.165, 1.54) is 0 Å². The van der Waals surface area contributed by atoms with Gasteiger partial charge in [0.15, 0.2) is 0 Å². The van der Waals surface area contributed by atoms with Crippen molar-refractivity contribution in [3.05, 3.63) is 20.8 Å². The van der Waals surface area contributed by atoms with Gasteiger partial charge in [-0.1, -0.05) is 0 Å². The lowest BCUT2D eigenvalue weighted by Gasteiger charge is -2.15. The van der Waals surface area contributed by atoms with Crippen LogP contribution in [-0.4, -0.2) is 26.9 Å². The predicted molar refractivity (Wildman–Crippen MR) is 64.8 cm³/mol. The Balaban J connectivity index is 2.39. The van der Waals surface area contributed by atoms with Gasteiger partial charge in [-0.3, -0.25) is 11.3 Å². The Bertz CT molecular complexity index is 283. The molecule has 0 saturated heterocycles. The quantitative estimate of drug-likeness (QED) is 0.456. The number of ether oxygens (including phenoxy) is 2. The summed E-state index contributed by atoms with van der Waals surface area (Å²) in [5.41, 5.74) is 3.86. The molecule has 1 aromatic heterocycles. The predicted octanol–water partition coefficient (Wildman–Crippen LogP) is 1.68. The molecule has 6 heteroatoms. The molecular weight excluding hydrogens is 280 g/mol. The molecular formula is C9H15BrN2O2S. The molecule has 4 nitrogen and oxygen atoms in total. The maximum atomic E-state index is 5.47. The van der Waals surface area contributed by atoms with E-state index < -0.39 is 0 Å². The van der Waals surface area contributed by atoms with Crippen LogP contribution in [0.1, 0.15) is 11.6 Å². The van der Waals surface area contributed by atoms with Crippen molar-refractivity contribution >= 4 is 27.3 Å². The summed E-state index contributed by atoms with van der Waals surface area (Å²) in [5.74, 6) is 5.47. The number of thiophene rings is 1. The van der Waals surface area contributed by atoms with Crippen LogP contribution in [0.15, 0.2) is 15.2 Å². The summed E-state index contributed by atoms with van der Waals surface area (Å²) >= 11 is 5.10. The van der Waals surface area contributed by atoms with Gasteiger partial charge in [-0.25, -0.2) is 0 Å². The van der Waals surface area contributed by atoms with Crippen LogP contribution >= 0.6 is 27.3 Å². The highest BCUT2D eigenvalue weighted by molar-refractivity contribution is 9.10. The zero-order valence-corrected chi connectivity index (χ0v) is 10.9. The molecule has 0 aliphatic carbocycles. The van der Waals surface area contributed by atoms with Gasteiger partial charge in [0.2, 0.25) is 0 Å². The van der Waals surface area contributed by atoms with Crippen molar-refractivity contribution < 1.29 is 9.47 Å². The van der Waals surface area contributed by atoms with Crippen molar-refractivity contribution in [2.24, 2.45) is 5.84 Å². The van der Waals surface area contributed by atoms with Crippen molar-refractivity contribution in [3.8, 4) is 0 Å². The molecule has 1 aromatic rings. The molecule has 1 atom stereocenters. The monoisotopic (exact) mass is 294 g/mol. The van der Waals surface area contributed by atoms with Crippen LogP contribution in [0, 0.1) is 0 Å². The molecule has 0 fully saturated rings. The highest BCUT2D eigenvalue weighted by atomic mass is 79.9. The summed E-state index contributed by atoms with van der Waals surface area (Å²) in [4.78, 5) is 0. The summed E-state index contributed by atoms with van der Waals surface area (Å²) < 4.78 is 11.4. The molecule has 0 aliphatic rings. The van der Waals surface area contributed by atoms with E-state index in [4.69, 9.17) is 15.3 Å². The van der Waals surface area contributed by atoms with Gasteiger partial charge in [0, 0.05) is 17.0 Å². The van der Waals surface area contributed by atoms with Gasteiger partial charge in [-0.15, -0.1) is 0 Å². The minimum Gasteiger partial charge on any atom is -0.382 e. The number of hydrogen-bond acceptors (Lipinski definition) is 5. The zero-order chi connectivity index (χ0) is 11.1. The highest BCUT2D eigenvalue weighted by Crippen LogP contribution is 2.27. The topological polar surface area (TPSA) is 56.5 Å². The number of hydrazine groups is 1. The van der Waals surface area contributed by atoms with Crippen LogP contribution in [0.5, 0.6) is 0 Å². The Kier molecular flexibility index (Phi) is 6.39. The second-order valence-electron chi connectivity index (χ2n) is 2.96. The lowest BCUT2D eigenvalue weighted by molar-refractivity contribution is 0.0585. The van der Waals surface area contributed by atoms with Crippen LogP contribution < -0.4 is 11.3 Å². The molecule has 0 bridgehead atoms. The zero-order valence-electron chi connectivity index (χ0n) is 8.53. The Labute approximate surface area is 102 Å². The standard InChI is InChI=1S/C9H15BrN2O2S/c1-13-2-3-14-4-9(12-11)7-5-15-6-8(7)10/h5-6,9,12H,2-4,11H2,1H3. The molecule has 0 spiro atoms. The largest absolute Gasteiger partial charge is 0.382 e. The van der Waals surface area contributed by atoms with Crippen LogP contribution in [0.2, 0.25) is 0 Å². The second-order valence-corrected chi connectivity index (χ2v) is 4.56. The number of rotatable bonds is 7. The Morgan fingerprint density at radius 2 is 2.33 bits per heavy atom. The minimum atomic E-state index is 0.0162. The molecule has 15 heavy (non-hydrogen) atoms. The van der Waals surface area contributed by atoms with Gasteiger partial charge in [0.05, 0.1) is 25.9 Å². The molecule has 0 aromatic carbocycles. The molecule has 1 unspecified atom stereocenters. The highest BCUT2D eigenvalue weighted by Gasteiger charge is 2.13.